The second-order valence-electron chi connectivity index (χ2n) is 9.65. The molecule has 0 N–H and O–H groups in total. The van der Waals surface area contributed by atoms with Gasteiger partial charge in [0.2, 0.25) is 0 Å². The Morgan fingerprint density at radius 2 is 0.839 bits per heavy atom. The van der Waals surface area contributed by atoms with Crippen LogP contribution in [0.2, 0.25) is 0 Å². The largest absolute Gasteiger partial charge is 0.139 e. The predicted octanol–water partition coefficient (Wildman–Crippen LogP) is 10.9. The minimum Gasteiger partial charge on any atom is -0.139 e. The van der Waals surface area contributed by atoms with E-state index in [4.69, 9.17) is 0 Å². The molecule has 0 atom stereocenters. The van der Waals surface area contributed by atoms with Gasteiger partial charge in [-0.1, -0.05) is 41.5 Å². The number of fused-ring (bicyclic) bond motifs is 10. The van der Waals surface area contributed by atoms with Gasteiger partial charge in [0.15, 0.2) is 0 Å². The summed E-state index contributed by atoms with van der Waals surface area (Å²) in [5, 5.41) is 0. The van der Waals surface area contributed by atoms with Crippen LogP contribution >= 0.6 is 55.4 Å². The number of hydrogen-bond donors (Lipinski definition) is 0. The van der Waals surface area contributed by atoms with Gasteiger partial charge < -0.3 is 0 Å². The van der Waals surface area contributed by atoms with Crippen molar-refractivity contribution in [3.63, 3.8) is 0 Å². The fraction of sp³-hybridized carbons (Fsp3) is 0.385. The summed E-state index contributed by atoms with van der Waals surface area (Å²) < 4.78 is 0. The molecule has 0 bridgehead atoms. The number of aryl methyl sites for hydroxylation is 1. The van der Waals surface area contributed by atoms with E-state index in [1.165, 1.54) is 4.88 Å². The molecule has 6 heterocycles. The van der Waals surface area contributed by atoms with Gasteiger partial charge in [0.1, 0.15) is 0 Å². The molecule has 5 heteroatoms. The molecule has 2 aliphatic heterocycles. The number of thiophene rings is 4. The Balaban J connectivity index is 1.76. The van der Waals surface area contributed by atoms with E-state index in [-0.39, 0.29) is 0 Å². The summed E-state index contributed by atoms with van der Waals surface area (Å²) >= 11 is 8.21. The van der Waals surface area contributed by atoms with Crippen molar-refractivity contribution in [2.75, 3.05) is 0 Å². The Hall–Kier alpha value is -0.850. The molecule has 162 valence electrons. The van der Waals surface area contributed by atoms with Gasteiger partial charge in [0.05, 0.1) is 19.5 Å². The molecule has 0 nitrogen and oxygen atoms in total. The lowest BCUT2D eigenvalue weighted by Gasteiger charge is -2.33. The Morgan fingerprint density at radius 1 is 0.516 bits per heavy atom. The zero-order chi connectivity index (χ0) is 21.8. The first kappa shape index (κ1) is 20.7. The topological polar surface area (TPSA) is 0 Å². The first-order chi connectivity index (χ1) is 14.7. The smallest absolute Gasteiger partial charge is 0.0587 e. The molecule has 2 aliphatic rings. The Kier molecular flexibility index (Phi) is 4.57. The van der Waals surface area contributed by atoms with Crippen LogP contribution in [0.5, 0.6) is 0 Å². The lowest BCUT2D eigenvalue weighted by atomic mass is 10.2. The van der Waals surface area contributed by atoms with E-state index >= 15 is 0 Å². The average molecular weight is 501 g/mol. The second kappa shape index (κ2) is 6.83. The van der Waals surface area contributed by atoms with Gasteiger partial charge in [-0.25, -0.2) is 0 Å². The number of hydrogen-bond acceptors (Lipinski definition) is 4. The van der Waals surface area contributed by atoms with Crippen molar-refractivity contribution >= 4 is 55.4 Å². The van der Waals surface area contributed by atoms with E-state index in [2.05, 4.69) is 107 Å². The van der Waals surface area contributed by atoms with Crippen LogP contribution in [-0.4, -0.2) is 0 Å². The van der Waals surface area contributed by atoms with Crippen LogP contribution in [0.15, 0.2) is 43.8 Å². The highest BCUT2D eigenvalue weighted by Crippen LogP contribution is 2.88. The SMILES string of the molecule is Cc1cc2c(s1)-c1sc(C(C)C)cc1S21c2cc(C(C)C)sc2-c2sc(C(C)C)cc21. The zero-order valence-corrected chi connectivity index (χ0v) is 23.2. The van der Waals surface area contributed by atoms with E-state index in [0.29, 0.717) is 17.8 Å². The first-order valence-electron chi connectivity index (χ1n) is 11.1. The predicted molar refractivity (Wildman–Crippen MR) is 143 cm³/mol. The van der Waals surface area contributed by atoms with Crippen LogP contribution < -0.4 is 0 Å². The molecular weight excluding hydrogens is 473 g/mol. The molecule has 0 saturated heterocycles. The third-order valence-corrected chi connectivity index (χ3v) is 16.5. The van der Waals surface area contributed by atoms with Crippen molar-refractivity contribution in [2.24, 2.45) is 0 Å². The summed E-state index contributed by atoms with van der Waals surface area (Å²) in [7, 11) is -1.34. The van der Waals surface area contributed by atoms with Crippen LogP contribution in [0.3, 0.4) is 0 Å². The monoisotopic (exact) mass is 500 g/mol. The summed E-state index contributed by atoms with van der Waals surface area (Å²) in [5.41, 5.74) is 0. The minimum atomic E-state index is -1.34. The van der Waals surface area contributed by atoms with Gasteiger partial charge in [-0.05, 0) is 48.9 Å². The highest BCUT2D eigenvalue weighted by Gasteiger charge is 2.52. The average Bonchev–Trinajstić information content (AvgIpc) is 3.47. The maximum Gasteiger partial charge on any atom is 0.0587 e. The van der Waals surface area contributed by atoms with E-state index < -0.39 is 10.0 Å². The minimum absolute atomic E-state index is 0.582. The molecule has 1 spiro atoms. The lowest BCUT2D eigenvalue weighted by Crippen LogP contribution is -1.96. The summed E-state index contributed by atoms with van der Waals surface area (Å²) in [6.07, 6.45) is 0. The summed E-state index contributed by atoms with van der Waals surface area (Å²) in [6.45, 7) is 16.4. The third-order valence-electron chi connectivity index (χ3n) is 6.41. The van der Waals surface area contributed by atoms with E-state index in [0.717, 1.165) is 0 Å². The second-order valence-corrected chi connectivity index (χ2v) is 17.1. The molecular formula is C26H28S5. The number of rotatable bonds is 3. The summed E-state index contributed by atoms with van der Waals surface area (Å²) in [6, 6.07) is 10.3. The maximum absolute atomic E-state index is 2.60. The third kappa shape index (κ3) is 2.59. The van der Waals surface area contributed by atoms with Crippen molar-refractivity contribution < 1.29 is 0 Å². The highest BCUT2D eigenvalue weighted by atomic mass is 32.3. The quantitative estimate of drug-likeness (QED) is 0.227. The molecule has 0 unspecified atom stereocenters. The normalized spacial score (nSPS) is 16.5. The molecule has 4 aromatic heterocycles. The van der Waals surface area contributed by atoms with Gasteiger partial charge >= 0.3 is 0 Å². The molecule has 31 heavy (non-hydrogen) atoms. The van der Waals surface area contributed by atoms with Gasteiger partial charge in [-0.2, -0.15) is 0 Å². The fourth-order valence-corrected chi connectivity index (χ4v) is 15.9. The Bertz CT molecular complexity index is 1280. The van der Waals surface area contributed by atoms with Crippen molar-refractivity contribution in [2.45, 2.75) is 85.8 Å². The van der Waals surface area contributed by atoms with Crippen molar-refractivity contribution in [1.82, 2.24) is 0 Å². The van der Waals surface area contributed by atoms with Crippen LogP contribution in [0.4, 0.5) is 0 Å². The molecule has 0 saturated carbocycles. The fourth-order valence-electron chi connectivity index (χ4n) is 4.78. The zero-order valence-electron chi connectivity index (χ0n) is 19.1. The summed E-state index contributed by atoms with van der Waals surface area (Å²) in [5.74, 6) is 1.75. The van der Waals surface area contributed by atoms with Crippen LogP contribution in [0.25, 0.3) is 19.5 Å². The molecule has 6 rings (SSSR count). The van der Waals surface area contributed by atoms with Crippen LogP contribution in [-0.2, 0) is 0 Å². The van der Waals surface area contributed by atoms with Crippen molar-refractivity contribution in [1.29, 1.82) is 0 Å². The molecule has 0 fully saturated rings. The summed E-state index contributed by atoms with van der Waals surface area (Å²) in [4.78, 5) is 18.9. The van der Waals surface area contributed by atoms with E-state index in [1.807, 2.05) is 11.3 Å². The van der Waals surface area contributed by atoms with E-state index in [9.17, 15) is 0 Å². The van der Waals surface area contributed by atoms with Crippen molar-refractivity contribution in [3.05, 3.63) is 43.8 Å². The maximum atomic E-state index is 2.60. The Labute approximate surface area is 203 Å². The Morgan fingerprint density at radius 3 is 1.19 bits per heavy atom. The van der Waals surface area contributed by atoms with Gasteiger partial charge in [-0.3, -0.25) is 0 Å². The standard InChI is InChI=1S/C26H28S5/c1-12(2)16-9-20-24(28-16)23-19(8-15(7)27-23)31(20)21-10-17(13(3)4)29-25(21)26-22(31)11-18(30-26)14(5)6/h8-14H,1-7H3. The van der Waals surface area contributed by atoms with E-state index in [1.54, 1.807) is 53.7 Å². The highest BCUT2D eigenvalue weighted by molar-refractivity contribution is 8.35. The first-order valence-corrected chi connectivity index (χ1v) is 16.0. The van der Waals surface area contributed by atoms with Crippen LogP contribution in [0.1, 0.15) is 78.8 Å². The molecule has 0 aliphatic carbocycles. The van der Waals surface area contributed by atoms with Crippen molar-refractivity contribution in [3.8, 4) is 19.5 Å². The lowest BCUT2D eigenvalue weighted by molar-refractivity contribution is 0.886. The molecule has 0 amide bonds. The molecule has 0 aromatic carbocycles. The van der Waals surface area contributed by atoms with Gasteiger partial charge in [0.25, 0.3) is 0 Å². The molecule has 0 radical (unpaired) electrons. The van der Waals surface area contributed by atoms with Crippen LogP contribution in [0, 0.1) is 6.92 Å². The molecule has 4 aromatic rings. The van der Waals surface area contributed by atoms with Gasteiger partial charge in [0, 0.05) is 39.1 Å². The van der Waals surface area contributed by atoms with Gasteiger partial charge in [-0.15, -0.1) is 55.4 Å².